The van der Waals surface area contributed by atoms with Gasteiger partial charge in [-0.2, -0.15) is 5.26 Å². The highest BCUT2D eigenvalue weighted by Crippen LogP contribution is 2.35. The molecule has 0 fully saturated rings. The third-order valence-corrected chi connectivity index (χ3v) is 5.69. The molecule has 8 nitrogen and oxygen atoms in total. The summed E-state index contributed by atoms with van der Waals surface area (Å²) >= 11 is 0. The molecule has 1 aliphatic carbocycles. The number of carbonyl (C=O) groups excluding carboxylic acids is 1. The molecule has 1 aliphatic rings. The first-order valence-electron chi connectivity index (χ1n) is 11.1. The Kier molecular flexibility index (Phi) is 5.25. The first-order chi connectivity index (χ1) is 16.3. The Labute approximate surface area is 197 Å². The van der Waals surface area contributed by atoms with Crippen molar-refractivity contribution >= 4 is 17.3 Å². The monoisotopic (exact) mass is 452 g/mol. The Hall–Kier alpha value is -4.25. The minimum atomic E-state index is -0.546. The number of fused-ring (bicyclic) bond motifs is 2. The zero-order valence-electron chi connectivity index (χ0n) is 19.2. The second-order valence-electron chi connectivity index (χ2n) is 9.28. The van der Waals surface area contributed by atoms with Crippen LogP contribution in [0.25, 0.3) is 28.2 Å². The van der Waals surface area contributed by atoms with E-state index in [1.54, 1.807) is 18.5 Å². The Morgan fingerprint density at radius 1 is 1.21 bits per heavy atom. The summed E-state index contributed by atoms with van der Waals surface area (Å²) in [5, 5.41) is 12.4. The van der Waals surface area contributed by atoms with Crippen molar-refractivity contribution in [3.63, 3.8) is 0 Å². The van der Waals surface area contributed by atoms with Crippen molar-refractivity contribution in [2.45, 2.75) is 45.3 Å². The molecule has 1 amide bonds. The number of nitrogens with zero attached hydrogens (tertiary/aromatic N) is 5. The number of nitrogens with one attached hydrogen (secondary N) is 1. The number of alkyl carbamates (subject to hydrolysis) is 1. The Bertz CT molecular complexity index is 1430. The fourth-order valence-corrected chi connectivity index (χ4v) is 4.30. The second kappa shape index (κ2) is 8.27. The standard InChI is InChI=1S/C26H24N6O2/c1-26(2,3)34-25(33)31-21-10-6-16-13-19(8-9-20(16)21)32-23(17-5-4-12-28-15-17)30-22-11-7-18(14-27)29-24(22)32/h4-5,7-9,11-13,15,21H,6,10H2,1-3H3,(H,31,33). The van der Waals surface area contributed by atoms with Crippen LogP contribution in [0.5, 0.6) is 0 Å². The lowest BCUT2D eigenvalue weighted by Crippen LogP contribution is -2.34. The number of hydrogen-bond acceptors (Lipinski definition) is 6. The van der Waals surface area contributed by atoms with Gasteiger partial charge in [-0.05, 0) is 81.1 Å². The fraction of sp³-hybridized carbons (Fsp3) is 0.269. The number of ether oxygens (including phenoxy) is 1. The zero-order chi connectivity index (χ0) is 23.9. The van der Waals surface area contributed by atoms with Gasteiger partial charge < -0.3 is 10.1 Å². The van der Waals surface area contributed by atoms with Gasteiger partial charge in [0, 0.05) is 23.6 Å². The van der Waals surface area contributed by atoms with Crippen LogP contribution < -0.4 is 5.32 Å². The van der Waals surface area contributed by atoms with Crippen LogP contribution >= 0.6 is 0 Å². The number of benzene rings is 1. The van der Waals surface area contributed by atoms with Gasteiger partial charge >= 0.3 is 6.09 Å². The molecule has 1 N–H and O–H groups in total. The van der Waals surface area contributed by atoms with Crippen molar-refractivity contribution in [3.8, 4) is 23.1 Å². The summed E-state index contributed by atoms with van der Waals surface area (Å²) in [5.41, 5.74) is 5.05. The predicted molar refractivity (Wildman–Crippen MR) is 127 cm³/mol. The Morgan fingerprint density at radius 2 is 2.06 bits per heavy atom. The van der Waals surface area contributed by atoms with E-state index in [2.05, 4.69) is 27.4 Å². The minimum Gasteiger partial charge on any atom is -0.444 e. The molecule has 0 saturated heterocycles. The van der Waals surface area contributed by atoms with E-state index in [4.69, 9.17) is 9.72 Å². The molecule has 0 radical (unpaired) electrons. The molecular formula is C26H24N6O2. The van der Waals surface area contributed by atoms with E-state index in [0.717, 1.165) is 35.2 Å². The smallest absolute Gasteiger partial charge is 0.408 e. The maximum atomic E-state index is 12.3. The highest BCUT2D eigenvalue weighted by molar-refractivity contribution is 5.80. The molecule has 1 aromatic carbocycles. The Morgan fingerprint density at radius 3 is 2.79 bits per heavy atom. The van der Waals surface area contributed by atoms with Gasteiger partial charge in [-0.1, -0.05) is 6.07 Å². The van der Waals surface area contributed by atoms with E-state index < -0.39 is 11.7 Å². The number of aromatic nitrogens is 4. The number of rotatable bonds is 3. The van der Waals surface area contributed by atoms with Crippen molar-refractivity contribution in [2.24, 2.45) is 0 Å². The highest BCUT2D eigenvalue weighted by atomic mass is 16.6. The van der Waals surface area contributed by atoms with E-state index in [0.29, 0.717) is 22.7 Å². The lowest BCUT2D eigenvalue weighted by atomic mass is 10.1. The predicted octanol–water partition coefficient (Wildman–Crippen LogP) is 4.87. The maximum Gasteiger partial charge on any atom is 0.408 e. The molecule has 4 aromatic rings. The van der Waals surface area contributed by atoms with E-state index in [-0.39, 0.29) is 6.04 Å². The van der Waals surface area contributed by atoms with Gasteiger partial charge in [0.2, 0.25) is 0 Å². The van der Waals surface area contributed by atoms with Crippen LogP contribution in [-0.4, -0.2) is 31.2 Å². The largest absolute Gasteiger partial charge is 0.444 e. The van der Waals surface area contributed by atoms with Gasteiger partial charge in [-0.15, -0.1) is 0 Å². The summed E-state index contributed by atoms with van der Waals surface area (Å²) < 4.78 is 7.39. The molecular weight excluding hydrogens is 428 g/mol. The number of imidazole rings is 1. The van der Waals surface area contributed by atoms with Crippen LogP contribution in [0.3, 0.4) is 0 Å². The first-order valence-corrected chi connectivity index (χ1v) is 11.1. The average Bonchev–Trinajstić information content (AvgIpc) is 3.38. The number of carbonyl (C=O) groups is 1. The molecule has 170 valence electrons. The quantitative estimate of drug-likeness (QED) is 0.476. The summed E-state index contributed by atoms with van der Waals surface area (Å²) in [5.74, 6) is 0.701. The molecule has 1 atom stereocenters. The second-order valence-corrected chi connectivity index (χ2v) is 9.28. The molecule has 0 aliphatic heterocycles. The lowest BCUT2D eigenvalue weighted by Gasteiger charge is -2.22. The molecule has 0 bridgehead atoms. The maximum absolute atomic E-state index is 12.3. The zero-order valence-corrected chi connectivity index (χ0v) is 19.2. The number of pyridine rings is 2. The van der Waals surface area contributed by atoms with Crippen molar-refractivity contribution in [1.29, 1.82) is 5.26 Å². The van der Waals surface area contributed by atoms with Crippen LogP contribution in [0.1, 0.15) is 50.1 Å². The number of aryl methyl sites for hydroxylation is 1. The fourth-order valence-electron chi connectivity index (χ4n) is 4.30. The van der Waals surface area contributed by atoms with Gasteiger partial charge in [0.1, 0.15) is 28.7 Å². The van der Waals surface area contributed by atoms with Gasteiger partial charge in [-0.3, -0.25) is 9.55 Å². The minimum absolute atomic E-state index is 0.0976. The average molecular weight is 453 g/mol. The molecule has 3 aromatic heterocycles. The van der Waals surface area contributed by atoms with Crippen molar-refractivity contribution in [3.05, 3.63) is 71.7 Å². The molecule has 8 heteroatoms. The van der Waals surface area contributed by atoms with E-state index in [1.807, 2.05) is 55.7 Å². The van der Waals surface area contributed by atoms with Crippen LogP contribution in [0.2, 0.25) is 0 Å². The van der Waals surface area contributed by atoms with E-state index in [9.17, 15) is 10.1 Å². The summed E-state index contributed by atoms with van der Waals surface area (Å²) in [4.78, 5) is 25.9. The molecule has 3 heterocycles. The van der Waals surface area contributed by atoms with Crippen molar-refractivity contribution < 1.29 is 9.53 Å². The van der Waals surface area contributed by atoms with Gasteiger partial charge in [0.15, 0.2) is 5.65 Å². The normalized spacial score (nSPS) is 15.1. The SMILES string of the molecule is CC(C)(C)OC(=O)NC1CCc2cc(-n3c(-c4cccnc4)nc4ccc(C#N)nc43)ccc21. The Balaban J connectivity index is 1.56. The van der Waals surface area contributed by atoms with Gasteiger partial charge in [0.25, 0.3) is 0 Å². The molecule has 0 saturated carbocycles. The van der Waals surface area contributed by atoms with Gasteiger partial charge in [-0.25, -0.2) is 14.8 Å². The third kappa shape index (κ3) is 4.08. The topological polar surface area (TPSA) is 106 Å². The van der Waals surface area contributed by atoms with E-state index >= 15 is 0 Å². The third-order valence-electron chi connectivity index (χ3n) is 5.69. The molecule has 34 heavy (non-hydrogen) atoms. The first kappa shape index (κ1) is 21.6. The van der Waals surface area contributed by atoms with Crippen LogP contribution in [-0.2, 0) is 11.2 Å². The summed E-state index contributed by atoms with van der Waals surface area (Å²) in [6, 6.07) is 15.4. The van der Waals surface area contributed by atoms with Gasteiger partial charge in [0.05, 0.1) is 6.04 Å². The van der Waals surface area contributed by atoms with Crippen molar-refractivity contribution in [2.75, 3.05) is 0 Å². The molecule has 1 unspecified atom stereocenters. The summed E-state index contributed by atoms with van der Waals surface area (Å²) in [6.07, 6.45) is 4.69. The number of hydrogen-bond donors (Lipinski definition) is 1. The summed E-state index contributed by atoms with van der Waals surface area (Å²) in [7, 11) is 0. The number of amides is 1. The van der Waals surface area contributed by atoms with Crippen LogP contribution in [0.4, 0.5) is 4.79 Å². The summed E-state index contributed by atoms with van der Waals surface area (Å²) in [6.45, 7) is 5.55. The highest BCUT2D eigenvalue weighted by Gasteiger charge is 2.27. The molecule has 5 rings (SSSR count). The lowest BCUT2D eigenvalue weighted by molar-refractivity contribution is 0.0503. The van der Waals surface area contributed by atoms with Crippen LogP contribution in [0.15, 0.2) is 54.9 Å². The number of nitriles is 1. The molecule has 0 spiro atoms. The van der Waals surface area contributed by atoms with Crippen LogP contribution in [0, 0.1) is 11.3 Å². The van der Waals surface area contributed by atoms with Crippen molar-refractivity contribution in [1.82, 2.24) is 24.8 Å². The van der Waals surface area contributed by atoms with E-state index in [1.165, 1.54) is 0 Å².